The predicted octanol–water partition coefficient (Wildman–Crippen LogP) is 3.51. The van der Waals surface area contributed by atoms with Gasteiger partial charge in [0.2, 0.25) is 0 Å². The highest BCUT2D eigenvalue weighted by Crippen LogP contribution is 2.57. The molecule has 1 fully saturated rings. The van der Waals surface area contributed by atoms with Gasteiger partial charge in [0.05, 0.1) is 18.3 Å². The molecule has 3 heteroatoms. The summed E-state index contributed by atoms with van der Waals surface area (Å²) in [5.74, 6) is 0.665. The van der Waals surface area contributed by atoms with Crippen LogP contribution in [0, 0.1) is 17.3 Å². The average Bonchev–Trinajstić information content (AvgIpc) is 2.84. The number of rotatable bonds is 3. The Hall–Kier alpha value is -0.900. The molecule has 0 saturated heterocycles. The lowest BCUT2D eigenvalue weighted by Gasteiger charge is -2.43. The van der Waals surface area contributed by atoms with Crippen LogP contribution in [0.15, 0.2) is 34.9 Å². The zero-order chi connectivity index (χ0) is 17.5. The molecule has 0 spiro atoms. The van der Waals surface area contributed by atoms with Gasteiger partial charge in [0, 0.05) is 0 Å². The van der Waals surface area contributed by atoms with Crippen molar-refractivity contribution in [1.29, 1.82) is 0 Å². The van der Waals surface area contributed by atoms with Crippen molar-refractivity contribution in [3.8, 4) is 0 Å². The summed E-state index contributed by atoms with van der Waals surface area (Å²) in [4.78, 5) is 0. The quantitative estimate of drug-likeness (QED) is 0.741. The van der Waals surface area contributed by atoms with E-state index in [1.54, 1.807) is 0 Å². The van der Waals surface area contributed by atoms with E-state index in [2.05, 4.69) is 26.0 Å². The van der Waals surface area contributed by atoms with Gasteiger partial charge in [-0.15, -0.1) is 0 Å². The van der Waals surface area contributed by atoms with Gasteiger partial charge in [-0.25, -0.2) is 0 Å². The zero-order valence-corrected chi connectivity index (χ0v) is 15.2. The second-order valence-corrected chi connectivity index (χ2v) is 8.46. The van der Waals surface area contributed by atoms with Crippen LogP contribution < -0.4 is 0 Å². The number of aliphatic hydroxyl groups is 3. The van der Waals surface area contributed by atoms with Gasteiger partial charge in [-0.2, -0.15) is 0 Å². The van der Waals surface area contributed by atoms with Crippen molar-refractivity contribution in [1.82, 2.24) is 0 Å². The molecule has 3 aliphatic carbocycles. The first kappa shape index (κ1) is 17.9. The molecule has 3 rings (SSSR count). The highest BCUT2D eigenvalue weighted by atomic mass is 16.3. The normalized spacial score (nSPS) is 41.5. The van der Waals surface area contributed by atoms with Crippen molar-refractivity contribution in [2.45, 2.75) is 77.6 Å². The van der Waals surface area contributed by atoms with Gasteiger partial charge in [0.1, 0.15) is 0 Å². The Morgan fingerprint density at radius 1 is 1.21 bits per heavy atom. The van der Waals surface area contributed by atoms with Crippen molar-refractivity contribution < 1.29 is 15.3 Å². The maximum absolute atomic E-state index is 10.4. The number of aliphatic hydroxyl groups excluding tert-OH is 3. The minimum Gasteiger partial charge on any atom is -0.393 e. The van der Waals surface area contributed by atoms with E-state index in [9.17, 15) is 15.3 Å². The second-order valence-electron chi connectivity index (χ2n) is 8.46. The van der Waals surface area contributed by atoms with E-state index in [0.717, 1.165) is 38.5 Å². The fraction of sp³-hybridized carbons (Fsp3) is 0.714. The number of hydrogen-bond acceptors (Lipinski definition) is 3. The molecule has 0 aromatic heterocycles. The highest BCUT2D eigenvalue weighted by Gasteiger charge is 2.51. The van der Waals surface area contributed by atoms with Gasteiger partial charge < -0.3 is 15.3 Å². The smallest absolute Gasteiger partial charge is 0.0732 e. The summed E-state index contributed by atoms with van der Waals surface area (Å²) in [5, 5.41) is 30.5. The lowest BCUT2D eigenvalue weighted by molar-refractivity contribution is 0.00980. The SMILES string of the molecule is CC1=C(/C=C/C2=C[C@@H](O)C[C@]3(C)[C@@H]([C@@H](C)O)CC[C@@H]23)C[C@@H](O)CC1. The fourth-order valence-corrected chi connectivity index (χ4v) is 5.40. The lowest BCUT2D eigenvalue weighted by atomic mass is 9.63. The van der Waals surface area contributed by atoms with E-state index < -0.39 is 6.10 Å². The van der Waals surface area contributed by atoms with Crippen molar-refractivity contribution in [2.75, 3.05) is 0 Å². The van der Waals surface area contributed by atoms with Gasteiger partial charge in [-0.1, -0.05) is 30.7 Å². The number of fused-ring (bicyclic) bond motifs is 1. The molecular formula is C21H32O3. The molecule has 3 N–H and O–H groups in total. The van der Waals surface area contributed by atoms with Crippen molar-refractivity contribution in [2.24, 2.45) is 17.3 Å². The van der Waals surface area contributed by atoms with Crippen LogP contribution in [-0.4, -0.2) is 33.6 Å². The maximum atomic E-state index is 10.4. The summed E-state index contributed by atoms with van der Waals surface area (Å²) in [7, 11) is 0. The van der Waals surface area contributed by atoms with Gasteiger partial charge in [0.25, 0.3) is 0 Å². The Balaban J connectivity index is 1.84. The van der Waals surface area contributed by atoms with Crippen LogP contribution in [0.2, 0.25) is 0 Å². The largest absolute Gasteiger partial charge is 0.393 e. The molecule has 0 aromatic rings. The molecule has 24 heavy (non-hydrogen) atoms. The minimum atomic E-state index is -0.433. The first-order chi connectivity index (χ1) is 11.3. The van der Waals surface area contributed by atoms with E-state index >= 15 is 0 Å². The van der Waals surface area contributed by atoms with Gasteiger partial charge in [0.15, 0.2) is 0 Å². The van der Waals surface area contributed by atoms with Crippen molar-refractivity contribution >= 4 is 0 Å². The van der Waals surface area contributed by atoms with Crippen LogP contribution >= 0.6 is 0 Å². The first-order valence-corrected chi connectivity index (χ1v) is 9.44. The third-order valence-corrected chi connectivity index (χ3v) is 6.76. The van der Waals surface area contributed by atoms with E-state index in [-0.39, 0.29) is 23.5 Å². The third kappa shape index (κ3) is 3.26. The van der Waals surface area contributed by atoms with Gasteiger partial charge >= 0.3 is 0 Å². The molecule has 0 bridgehead atoms. The Morgan fingerprint density at radius 3 is 2.67 bits per heavy atom. The molecule has 1 saturated carbocycles. The molecule has 3 nitrogen and oxygen atoms in total. The summed E-state index contributed by atoms with van der Waals surface area (Å²) in [6.45, 7) is 6.27. The molecule has 0 aromatic carbocycles. The monoisotopic (exact) mass is 332 g/mol. The standard InChI is InChI=1S/C21H32O3/c1-13-4-7-17(23)10-15(13)5-6-16-11-18(24)12-21(3)19(14(2)22)8-9-20(16)21/h5-6,11,14,17-20,22-24H,4,7-10,12H2,1-3H3/b6-5+/t14-,17+,18-,19-,20+,21-/m1/s1. The van der Waals surface area contributed by atoms with Crippen LogP contribution in [-0.2, 0) is 0 Å². The third-order valence-electron chi connectivity index (χ3n) is 6.76. The summed E-state index contributed by atoms with van der Waals surface area (Å²) in [5.41, 5.74) is 3.78. The van der Waals surface area contributed by atoms with Crippen LogP contribution in [0.3, 0.4) is 0 Å². The topological polar surface area (TPSA) is 60.7 Å². The summed E-state index contributed by atoms with van der Waals surface area (Å²) in [6, 6.07) is 0. The Morgan fingerprint density at radius 2 is 1.96 bits per heavy atom. The van der Waals surface area contributed by atoms with Crippen LogP contribution in [0.4, 0.5) is 0 Å². The fourth-order valence-electron chi connectivity index (χ4n) is 5.40. The zero-order valence-electron chi connectivity index (χ0n) is 15.2. The lowest BCUT2D eigenvalue weighted by Crippen LogP contribution is -2.40. The predicted molar refractivity (Wildman–Crippen MR) is 96.4 cm³/mol. The molecule has 6 atom stereocenters. The van der Waals surface area contributed by atoms with Gasteiger partial charge in [-0.3, -0.25) is 0 Å². The highest BCUT2D eigenvalue weighted by molar-refractivity contribution is 5.37. The Kier molecular flexibility index (Phi) is 5.06. The van der Waals surface area contributed by atoms with E-state index in [1.807, 2.05) is 13.0 Å². The summed E-state index contributed by atoms with van der Waals surface area (Å²) < 4.78 is 0. The van der Waals surface area contributed by atoms with E-state index in [0.29, 0.717) is 5.92 Å². The van der Waals surface area contributed by atoms with Crippen LogP contribution in [0.1, 0.15) is 59.3 Å². The molecule has 3 aliphatic rings. The van der Waals surface area contributed by atoms with Crippen molar-refractivity contribution in [3.05, 3.63) is 34.9 Å². The van der Waals surface area contributed by atoms with Gasteiger partial charge in [-0.05, 0) is 80.8 Å². The maximum Gasteiger partial charge on any atom is 0.0732 e. The first-order valence-electron chi connectivity index (χ1n) is 9.44. The number of allylic oxidation sites excluding steroid dienone is 4. The summed E-state index contributed by atoms with van der Waals surface area (Å²) >= 11 is 0. The van der Waals surface area contributed by atoms with E-state index in [4.69, 9.17) is 0 Å². The molecule has 0 radical (unpaired) electrons. The Bertz CT molecular complexity index is 572. The average molecular weight is 332 g/mol. The molecule has 0 heterocycles. The number of hydrogen-bond donors (Lipinski definition) is 3. The molecule has 0 unspecified atom stereocenters. The summed E-state index contributed by atoms with van der Waals surface area (Å²) in [6.07, 6.45) is 10.7. The van der Waals surface area contributed by atoms with Crippen molar-refractivity contribution in [3.63, 3.8) is 0 Å². The van der Waals surface area contributed by atoms with E-state index in [1.165, 1.54) is 16.7 Å². The van der Waals surface area contributed by atoms with Crippen LogP contribution in [0.25, 0.3) is 0 Å². The Labute approximate surface area is 145 Å². The molecule has 0 amide bonds. The second kappa shape index (κ2) is 6.78. The van der Waals surface area contributed by atoms with Crippen LogP contribution in [0.5, 0.6) is 0 Å². The minimum absolute atomic E-state index is 0.0302. The molecular weight excluding hydrogens is 300 g/mol. The molecule has 134 valence electrons. The molecule has 0 aliphatic heterocycles.